The maximum atomic E-state index is 9.52. The smallest absolute Gasteiger partial charge is 0.118 e. The number of rotatable bonds is 3. The standard InChI is InChI=1S/C18H17NO/c1-13-10-17(8-9-18(13)20)19-12-14-6-7-15-4-2-3-5-16(15)11-14/h2-11,19-20H,12H2,1H3. The number of benzene rings is 3. The van der Waals surface area contributed by atoms with Gasteiger partial charge >= 0.3 is 0 Å². The number of anilines is 1. The summed E-state index contributed by atoms with van der Waals surface area (Å²) >= 11 is 0. The van der Waals surface area contributed by atoms with Gasteiger partial charge in [-0.1, -0.05) is 36.4 Å². The maximum absolute atomic E-state index is 9.52. The molecule has 0 aliphatic carbocycles. The van der Waals surface area contributed by atoms with Crippen molar-refractivity contribution in [3.8, 4) is 5.75 Å². The van der Waals surface area contributed by atoms with Crippen LogP contribution in [0, 0.1) is 6.92 Å². The number of phenols is 1. The molecule has 0 saturated heterocycles. The van der Waals surface area contributed by atoms with E-state index < -0.39 is 0 Å². The summed E-state index contributed by atoms with van der Waals surface area (Å²) in [4.78, 5) is 0. The van der Waals surface area contributed by atoms with Gasteiger partial charge in [0.25, 0.3) is 0 Å². The van der Waals surface area contributed by atoms with Crippen LogP contribution in [0.5, 0.6) is 5.75 Å². The molecule has 2 N–H and O–H groups in total. The van der Waals surface area contributed by atoms with Crippen LogP contribution in [-0.4, -0.2) is 5.11 Å². The zero-order valence-electron chi connectivity index (χ0n) is 11.4. The van der Waals surface area contributed by atoms with Crippen LogP contribution in [0.1, 0.15) is 11.1 Å². The molecule has 3 aromatic rings. The Balaban J connectivity index is 1.77. The third-order valence-corrected chi connectivity index (χ3v) is 3.51. The summed E-state index contributed by atoms with van der Waals surface area (Å²) in [5.41, 5.74) is 3.15. The largest absolute Gasteiger partial charge is 0.508 e. The highest BCUT2D eigenvalue weighted by Crippen LogP contribution is 2.21. The van der Waals surface area contributed by atoms with Crippen molar-refractivity contribution < 1.29 is 5.11 Å². The first-order valence-electron chi connectivity index (χ1n) is 6.73. The van der Waals surface area contributed by atoms with Crippen molar-refractivity contribution in [2.75, 3.05) is 5.32 Å². The lowest BCUT2D eigenvalue weighted by molar-refractivity contribution is 0.471. The summed E-state index contributed by atoms with van der Waals surface area (Å²) in [6, 6.07) is 20.4. The van der Waals surface area contributed by atoms with Crippen molar-refractivity contribution in [2.45, 2.75) is 13.5 Å². The molecule has 0 amide bonds. The molecule has 3 aromatic carbocycles. The average Bonchev–Trinajstić information content (AvgIpc) is 2.48. The van der Waals surface area contributed by atoms with Gasteiger partial charge in [0.15, 0.2) is 0 Å². The van der Waals surface area contributed by atoms with Crippen molar-refractivity contribution in [1.29, 1.82) is 0 Å². The summed E-state index contributed by atoms with van der Waals surface area (Å²) in [6.45, 7) is 2.67. The molecule has 2 heteroatoms. The van der Waals surface area contributed by atoms with Gasteiger partial charge < -0.3 is 10.4 Å². The summed E-state index contributed by atoms with van der Waals surface area (Å²) in [6.07, 6.45) is 0. The van der Waals surface area contributed by atoms with Gasteiger partial charge in [-0.2, -0.15) is 0 Å². The van der Waals surface area contributed by atoms with Gasteiger partial charge in [0.05, 0.1) is 0 Å². The highest BCUT2D eigenvalue weighted by molar-refractivity contribution is 5.83. The van der Waals surface area contributed by atoms with Gasteiger partial charge in [0.2, 0.25) is 0 Å². The predicted octanol–water partition coefficient (Wildman–Crippen LogP) is 4.47. The number of fused-ring (bicyclic) bond motifs is 1. The lowest BCUT2D eigenvalue weighted by Crippen LogP contribution is -1.99. The zero-order valence-corrected chi connectivity index (χ0v) is 11.4. The van der Waals surface area contributed by atoms with Crippen LogP contribution < -0.4 is 5.32 Å². The van der Waals surface area contributed by atoms with E-state index in [9.17, 15) is 5.11 Å². The summed E-state index contributed by atoms with van der Waals surface area (Å²) in [7, 11) is 0. The molecule has 0 fully saturated rings. The van der Waals surface area contributed by atoms with Crippen LogP contribution in [0.2, 0.25) is 0 Å². The van der Waals surface area contributed by atoms with E-state index in [1.165, 1.54) is 16.3 Å². The van der Waals surface area contributed by atoms with Crippen LogP contribution in [0.3, 0.4) is 0 Å². The third-order valence-electron chi connectivity index (χ3n) is 3.51. The van der Waals surface area contributed by atoms with Crippen LogP contribution >= 0.6 is 0 Å². The number of aromatic hydroxyl groups is 1. The fourth-order valence-electron chi connectivity index (χ4n) is 2.32. The molecule has 2 nitrogen and oxygen atoms in total. The Morgan fingerprint density at radius 2 is 1.70 bits per heavy atom. The van der Waals surface area contributed by atoms with E-state index in [-0.39, 0.29) is 0 Å². The Morgan fingerprint density at radius 3 is 2.50 bits per heavy atom. The van der Waals surface area contributed by atoms with Gasteiger partial charge in [0, 0.05) is 12.2 Å². The topological polar surface area (TPSA) is 32.3 Å². The number of phenolic OH excluding ortho intramolecular Hbond substituents is 1. The summed E-state index contributed by atoms with van der Waals surface area (Å²) in [5.74, 6) is 0.334. The molecule has 0 radical (unpaired) electrons. The van der Waals surface area contributed by atoms with E-state index in [0.29, 0.717) is 5.75 Å². The van der Waals surface area contributed by atoms with E-state index in [1.807, 2.05) is 19.1 Å². The first kappa shape index (κ1) is 12.5. The van der Waals surface area contributed by atoms with E-state index >= 15 is 0 Å². The SMILES string of the molecule is Cc1cc(NCc2ccc3ccccc3c2)ccc1O. The molecule has 0 aliphatic rings. The third kappa shape index (κ3) is 2.59. The zero-order chi connectivity index (χ0) is 13.9. The highest BCUT2D eigenvalue weighted by atomic mass is 16.3. The van der Waals surface area contributed by atoms with E-state index in [4.69, 9.17) is 0 Å². The normalized spacial score (nSPS) is 10.7. The molecule has 0 saturated carbocycles. The Morgan fingerprint density at radius 1 is 0.900 bits per heavy atom. The molecule has 0 unspecified atom stereocenters. The Bertz CT molecular complexity index is 749. The highest BCUT2D eigenvalue weighted by Gasteiger charge is 1.99. The molecule has 100 valence electrons. The molecule has 0 heterocycles. The second kappa shape index (κ2) is 5.25. The second-order valence-corrected chi connectivity index (χ2v) is 5.04. The molecule has 20 heavy (non-hydrogen) atoms. The second-order valence-electron chi connectivity index (χ2n) is 5.04. The maximum Gasteiger partial charge on any atom is 0.118 e. The fraction of sp³-hybridized carbons (Fsp3) is 0.111. The first-order valence-corrected chi connectivity index (χ1v) is 6.73. The van der Waals surface area contributed by atoms with Gasteiger partial charge in [-0.05, 0) is 53.1 Å². The molecule has 0 aliphatic heterocycles. The van der Waals surface area contributed by atoms with Crippen molar-refractivity contribution >= 4 is 16.5 Å². The minimum atomic E-state index is 0.334. The lowest BCUT2D eigenvalue weighted by atomic mass is 10.1. The van der Waals surface area contributed by atoms with Gasteiger partial charge in [-0.25, -0.2) is 0 Å². The summed E-state index contributed by atoms with van der Waals surface area (Å²) in [5, 5.41) is 15.4. The van der Waals surface area contributed by atoms with Crippen molar-refractivity contribution in [3.05, 3.63) is 71.8 Å². The average molecular weight is 263 g/mol. The van der Waals surface area contributed by atoms with Gasteiger partial charge in [-0.3, -0.25) is 0 Å². The number of aryl methyl sites for hydroxylation is 1. The van der Waals surface area contributed by atoms with Crippen LogP contribution in [0.4, 0.5) is 5.69 Å². The Labute approximate surface area is 118 Å². The van der Waals surface area contributed by atoms with E-state index in [1.54, 1.807) is 6.07 Å². The van der Waals surface area contributed by atoms with Gasteiger partial charge in [0.1, 0.15) is 5.75 Å². The Kier molecular flexibility index (Phi) is 3.30. The fourth-order valence-corrected chi connectivity index (χ4v) is 2.32. The molecule has 3 rings (SSSR count). The molecule has 0 atom stereocenters. The quantitative estimate of drug-likeness (QED) is 0.683. The monoisotopic (exact) mass is 263 g/mol. The lowest BCUT2D eigenvalue weighted by Gasteiger charge is -2.09. The first-order chi connectivity index (χ1) is 9.72. The molecular weight excluding hydrogens is 246 g/mol. The Hall–Kier alpha value is -2.48. The minimum absolute atomic E-state index is 0.334. The number of hydrogen-bond acceptors (Lipinski definition) is 2. The molecule has 0 bridgehead atoms. The van der Waals surface area contributed by atoms with Crippen LogP contribution in [0.25, 0.3) is 10.8 Å². The van der Waals surface area contributed by atoms with Gasteiger partial charge in [-0.15, -0.1) is 0 Å². The van der Waals surface area contributed by atoms with E-state index in [0.717, 1.165) is 17.8 Å². The molecule has 0 aromatic heterocycles. The number of hydrogen-bond donors (Lipinski definition) is 2. The van der Waals surface area contributed by atoms with Crippen molar-refractivity contribution in [1.82, 2.24) is 0 Å². The number of nitrogens with one attached hydrogen (secondary N) is 1. The molecule has 0 spiro atoms. The van der Waals surface area contributed by atoms with Crippen molar-refractivity contribution in [3.63, 3.8) is 0 Å². The molecular formula is C18H17NO. The van der Waals surface area contributed by atoms with Crippen molar-refractivity contribution in [2.24, 2.45) is 0 Å². The summed E-state index contributed by atoms with van der Waals surface area (Å²) < 4.78 is 0. The minimum Gasteiger partial charge on any atom is -0.508 e. The van der Waals surface area contributed by atoms with Crippen LogP contribution in [-0.2, 0) is 6.54 Å². The van der Waals surface area contributed by atoms with E-state index in [2.05, 4.69) is 47.8 Å². The predicted molar refractivity (Wildman–Crippen MR) is 84.1 cm³/mol. The van der Waals surface area contributed by atoms with Crippen LogP contribution in [0.15, 0.2) is 60.7 Å².